The van der Waals surface area contributed by atoms with Crippen molar-refractivity contribution >= 4 is 17.6 Å². The van der Waals surface area contributed by atoms with Crippen molar-refractivity contribution in [3.05, 3.63) is 59.2 Å². The highest BCUT2D eigenvalue weighted by Crippen LogP contribution is 2.19. The number of carbonyl (C=O) groups is 2. The van der Waals surface area contributed by atoms with Crippen molar-refractivity contribution in [1.82, 2.24) is 0 Å². The number of hydrogen-bond donors (Lipinski definition) is 1. The van der Waals surface area contributed by atoms with Crippen LogP contribution in [0.1, 0.15) is 48.2 Å². The van der Waals surface area contributed by atoms with Crippen LogP contribution in [0.3, 0.4) is 0 Å². The molecule has 0 unspecified atom stereocenters. The Morgan fingerprint density at radius 1 is 1.04 bits per heavy atom. The highest BCUT2D eigenvalue weighted by molar-refractivity contribution is 5.93. The summed E-state index contributed by atoms with van der Waals surface area (Å²) in [6.07, 6.45) is 0.988. The van der Waals surface area contributed by atoms with Gasteiger partial charge in [-0.25, -0.2) is 4.79 Å². The summed E-state index contributed by atoms with van der Waals surface area (Å²) in [6, 6.07) is 12.8. The van der Waals surface area contributed by atoms with Crippen LogP contribution in [0.25, 0.3) is 0 Å². The minimum atomic E-state index is -0.352. The standard InChI is InChI=1S/C23H29NO4/c1-16(2)15-28-23(26)19-9-11-20(12-10-19)24-22(25)6-5-13-27-21-14-17(3)7-8-18(21)4/h7-12,14,16H,5-6,13,15H2,1-4H3,(H,24,25). The van der Waals surface area contributed by atoms with Crippen molar-refractivity contribution in [2.75, 3.05) is 18.5 Å². The molecule has 0 bridgehead atoms. The molecule has 0 fully saturated rings. The molecule has 0 saturated heterocycles. The second-order valence-corrected chi connectivity index (χ2v) is 7.34. The maximum absolute atomic E-state index is 12.1. The number of esters is 1. The number of nitrogens with one attached hydrogen (secondary N) is 1. The number of aryl methyl sites for hydroxylation is 2. The van der Waals surface area contributed by atoms with Crippen LogP contribution < -0.4 is 10.1 Å². The Morgan fingerprint density at radius 2 is 1.75 bits per heavy atom. The molecule has 0 aliphatic carbocycles. The van der Waals surface area contributed by atoms with E-state index in [-0.39, 0.29) is 11.9 Å². The van der Waals surface area contributed by atoms with E-state index in [1.165, 1.54) is 0 Å². The zero-order chi connectivity index (χ0) is 20.5. The van der Waals surface area contributed by atoms with Crippen molar-refractivity contribution in [2.45, 2.75) is 40.5 Å². The van der Waals surface area contributed by atoms with E-state index in [0.29, 0.717) is 43.2 Å². The first kappa shape index (κ1) is 21.5. The Balaban J connectivity index is 1.74. The van der Waals surface area contributed by atoms with Crippen LogP contribution in [0.4, 0.5) is 5.69 Å². The van der Waals surface area contributed by atoms with Crippen LogP contribution in [0, 0.1) is 19.8 Å². The molecule has 0 heterocycles. The van der Waals surface area contributed by atoms with Gasteiger partial charge < -0.3 is 14.8 Å². The zero-order valence-corrected chi connectivity index (χ0v) is 17.1. The maximum Gasteiger partial charge on any atom is 0.338 e. The Bertz CT molecular complexity index is 797. The predicted octanol–water partition coefficient (Wildman–Crippen LogP) is 4.91. The third-order valence-electron chi connectivity index (χ3n) is 4.10. The fourth-order valence-electron chi connectivity index (χ4n) is 2.52. The molecular formula is C23H29NO4. The summed E-state index contributed by atoms with van der Waals surface area (Å²) in [4.78, 5) is 24.0. The van der Waals surface area contributed by atoms with Crippen molar-refractivity contribution in [3.63, 3.8) is 0 Å². The summed E-state index contributed by atoms with van der Waals surface area (Å²) in [5.74, 6) is 0.719. The quantitative estimate of drug-likeness (QED) is 0.493. The molecule has 28 heavy (non-hydrogen) atoms. The van der Waals surface area contributed by atoms with E-state index < -0.39 is 0 Å². The van der Waals surface area contributed by atoms with Gasteiger partial charge in [0, 0.05) is 12.1 Å². The SMILES string of the molecule is Cc1ccc(C)c(OCCCC(=O)Nc2ccc(C(=O)OCC(C)C)cc2)c1. The third-order valence-corrected chi connectivity index (χ3v) is 4.10. The maximum atomic E-state index is 12.1. The smallest absolute Gasteiger partial charge is 0.338 e. The van der Waals surface area contributed by atoms with E-state index in [4.69, 9.17) is 9.47 Å². The first-order chi connectivity index (χ1) is 13.3. The highest BCUT2D eigenvalue weighted by atomic mass is 16.5. The molecule has 0 aromatic heterocycles. The molecule has 0 aliphatic heterocycles. The predicted molar refractivity (Wildman–Crippen MR) is 111 cm³/mol. The fourth-order valence-corrected chi connectivity index (χ4v) is 2.52. The molecule has 150 valence electrons. The number of carbonyl (C=O) groups excluding carboxylic acids is 2. The largest absolute Gasteiger partial charge is 0.493 e. The van der Waals surface area contributed by atoms with Gasteiger partial charge in [0.2, 0.25) is 5.91 Å². The van der Waals surface area contributed by atoms with E-state index in [0.717, 1.165) is 16.9 Å². The van der Waals surface area contributed by atoms with Crippen LogP contribution in [-0.2, 0) is 9.53 Å². The van der Waals surface area contributed by atoms with Gasteiger partial charge >= 0.3 is 5.97 Å². The summed E-state index contributed by atoms with van der Waals surface area (Å²) in [5.41, 5.74) is 3.36. The van der Waals surface area contributed by atoms with E-state index in [1.54, 1.807) is 24.3 Å². The summed E-state index contributed by atoms with van der Waals surface area (Å²) in [6.45, 7) is 8.87. The van der Waals surface area contributed by atoms with Gasteiger partial charge in [-0.05, 0) is 67.6 Å². The zero-order valence-electron chi connectivity index (χ0n) is 17.1. The van der Waals surface area contributed by atoms with E-state index in [9.17, 15) is 9.59 Å². The molecule has 0 aliphatic rings. The van der Waals surface area contributed by atoms with E-state index >= 15 is 0 Å². The molecule has 1 amide bonds. The normalized spacial score (nSPS) is 10.6. The minimum absolute atomic E-state index is 0.0836. The average Bonchev–Trinajstić information content (AvgIpc) is 2.66. The van der Waals surface area contributed by atoms with Crippen LogP contribution in [0.2, 0.25) is 0 Å². The molecule has 0 saturated carbocycles. The van der Waals surface area contributed by atoms with Crippen molar-refractivity contribution < 1.29 is 19.1 Å². The molecule has 0 radical (unpaired) electrons. The number of ether oxygens (including phenoxy) is 2. The van der Waals surface area contributed by atoms with Gasteiger partial charge in [0.05, 0.1) is 18.8 Å². The van der Waals surface area contributed by atoms with Crippen LogP contribution in [0.5, 0.6) is 5.75 Å². The monoisotopic (exact) mass is 383 g/mol. The number of hydrogen-bond acceptors (Lipinski definition) is 4. The molecule has 1 N–H and O–H groups in total. The van der Waals surface area contributed by atoms with Crippen molar-refractivity contribution in [2.24, 2.45) is 5.92 Å². The van der Waals surface area contributed by atoms with Gasteiger partial charge in [-0.2, -0.15) is 0 Å². The summed E-state index contributed by atoms with van der Waals surface area (Å²) in [7, 11) is 0. The summed E-state index contributed by atoms with van der Waals surface area (Å²) in [5, 5.41) is 2.83. The van der Waals surface area contributed by atoms with Gasteiger partial charge in [0.1, 0.15) is 5.75 Å². The van der Waals surface area contributed by atoms with Gasteiger partial charge in [-0.3, -0.25) is 4.79 Å². The second kappa shape index (κ2) is 10.5. The lowest BCUT2D eigenvalue weighted by Gasteiger charge is -2.10. The Kier molecular flexibility index (Phi) is 8.05. The van der Waals surface area contributed by atoms with E-state index in [1.807, 2.05) is 45.9 Å². The second-order valence-electron chi connectivity index (χ2n) is 7.34. The van der Waals surface area contributed by atoms with Crippen LogP contribution >= 0.6 is 0 Å². The fraction of sp³-hybridized carbons (Fsp3) is 0.391. The first-order valence-corrected chi connectivity index (χ1v) is 9.62. The molecule has 2 rings (SSSR count). The molecule has 5 nitrogen and oxygen atoms in total. The molecule has 5 heteroatoms. The molecule has 0 spiro atoms. The minimum Gasteiger partial charge on any atom is -0.493 e. The number of benzene rings is 2. The number of amides is 1. The lowest BCUT2D eigenvalue weighted by atomic mass is 10.1. The highest BCUT2D eigenvalue weighted by Gasteiger charge is 2.09. The first-order valence-electron chi connectivity index (χ1n) is 9.62. The van der Waals surface area contributed by atoms with Crippen LogP contribution in [-0.4, -0.2) is 25.1 Å². The number of rotatable bonds is 9. The Labute approximate surface area is 167 Å². The van der Waals surface area contributed by atoms with Gasteiger partial charge in [0.25, 0.3) is 0 Å². The van der Waals surface area contributed by atoms with Gasteiger partial charge in [-0.1, -0.05) is 26.0 Å². The summed E-state index contributed by atoms with van der Waals surface area (Å²) < 4.78 is 11.0. The number of anilines is 1. The lowest BCUT2D eigenvalue weighted by Crippen LogP contribution is -2.13. The Morgan fingerprint density at radius 3 is 2.43 bits per heavy atom. The molecular weight excluding hydrogens is 354 g/mol. The van der Waals surface area contributed by atoms with Gasteiger partial charge in [-0.15, -0.1) is 0 Å². The van der Waals surface area contributed by atoms with Crippen molar-refractivity contribution in [3.8, 4) is 5.75 Å². The average molecular weight is 383 g/mol. The molecule has 2 aromatic rings. The van der Waals surface area contributed by atoms with E-state index in [2.05, 4.69) is 5.32 Å². The summed E-state index contributed by atoms with van der Waals surface area (Å²) >= 11 is 0. The van der Waals surface area contributed by atoms with Crippen LogP contribution in [0.15, 0.2) is 42.5 Å². The third kappa shape index (κ3) is 7.06. The molecule has 0 atom stereocenters. The topological polar surface area (TPSA) is 64.6 Å². The lowest BCUT2D eigenvalue weighted by molar-refractivity contribution is -0.116. The molecule has 2 aromatic carbocycles. The van der Waals surface area contributed by atoms with Crippen molar-refractivity contribution in [1.29, 1.82) is 0 Å². The Hall–Kier alpha value is -2.82. The van der Waals surface area contributed by atoms with Gasteiger partial charge in [0.15, 0.2) is 0 Å².